The molecule has 2 N–H and O–H groups in total. The van der Waals surface area contributed by atoms with Crippen LogP contribution in [0.25, 0.3) is 0 Å². The standard InChI is InChI=1S/C30H36N4O2/c1-3-33(27-13-8-10-23(2)22-27)20-9-19-31-29(35)25-15-17-26(18-16-25)32-30(36)34-21-7-6-12-24-11-4-5-14-28(24)34/h4-5,8,10-11,13-18,22H,3,6-7,9,12,19-21H2,1-2H3,(H,31,35)(H,32,36). The number of nitrogens with one attached hydrogen (secondary N) is 2. The molecule has 1 aliphatic heterocycles. The zero-order valence-electron chi connectivity index (χ0n) is 21.3. The molecule has 1 aliphatic rings. The minimum absolute atomic E-state index is 0.104. The van der Waals surface area contributed by atoms with E-state index < -0.39 is 0 Å². The van der Waals surface area contributed by atoms with Gasteiger partial charge in [0.25, 0.3) is 5.91 Å². The fourth-order valence-electron chi connectivity index (χ4n) is 4.67. The highest BCUT2D eigenvalue weighted by Gasteiger charge is 2.21. The molecule has 0 saturated heterocycles. The maximum absolute atomic E-state index is 13.0. The van der Waals surface area contributed by atoms with E-state index in [0.29, 0.717) is 24.3 Å². The number of rotatable bonds is 8. The second-order valence-corrected chi connectivity index (χ2v) is 9.27. The van der Waals surface area contributed by atoms with Gasteiger partial charge in [0, 0.05) is 48.8 Å². The molecule has 0 fully saturated rings. The van der Waals surface area contributed by atoms with Crippen LogP contribution in [0.2, 0.25) is 0 Å². The first kappa shape index (κ1) is 25.3. The fraction of sp³-hybridized carbons (Fsp3) is 0.333. The van der Waals surface area contributed by atoms with E-state index in [9.17, 15) is 9.59 Å². The molecular formula is C30H36N4O2. The fourth-order valence-corrected chi connectivity index (χ4v) is 4.67. The summed E-state index contributed by atoms with van der Waals surface area (Å²) in [6.45, 7) is 7.35. The Morgan fingerprint density at radius 3 is 2.56 bits per heavy atom. The third-order valence-corrected chi connectivity index (χ3v) is 6.64. The van der Waals surface area contributed by atoms with Gasteiger partial charge in [0.1, 0.15) is 0 Å². The number of fused-ring (bicyclic) bond motifs is 1. The number of carbonyl (C=O) groups is 2. The minimum Gasteiger partial charge on any atom is -0.372 e. The van der Waals surface area contributed by atoms with Crippen LogP contribution in [0, 0.1) is 6.92 Å². The van der Waals surface area contributed by atoms with Crippen LogP contribution < -0.4 is 20.4 Å². The third kappa shape index (κ3) is 6.45. The first-order valence-corrected chi connectivity index (χ1v) is 12.9. The highest BCUT2D eigenvalue weighted by molar-refractivity contribution is 6.02. The Morgan fingerprint density at radius 2 is 1.78 bits per heavy atom. The highest BCUT2D eigenvalue weighted by atomic mass is 16.2. The van der Waals surface area contributed by atoms with E-state index >= 15 is 0 Å². The number of carbonyl (C=O) groups excluding carboxylic acids is 2. The van der Waals surface area contributed by atoms with E-state index in [1.807, 2.05) is 23.1 Å². The maximum Gasteiger partial charge on any atom is 0.326 e. The van der Waals surface area contributed by atoms with E-state index in [-0.39, 0.29) is 11.9 Å². The number of anilines is 3. The molecule has 6 heteroatoms. The summed E-state index contributed by atoms with van der Waals surface area (Å²) in [7, 11) is 0. The molecule has 3 aromatic rings. The molecule has 0 spiro atoms. The van der Waals surface area contributed by atoms with Gasteiger partial charge in [-0.15, -0.1) is 0 Å². The summed E-state index contributed by atoms with van der Waals surface area (Å²) in [4.78, 5) is 29.8. The second kappa shape index (κ2) is 12.2. The summed E-state index contributed by atoms with van der Waals surface area (Å²) in [5.74, 6) is -0.104. The normalized spacial score (nSPS) is 12.9. The van der Waals surface area contributed by atoms with Crippen molar-refractivity contribution in [2.75, 3.05) is 41.3 Å². The van der Waals surface area contributed by atoms with Crippen LogP contribution >= 0.6 is 0 Å². The van der Waals surface area contributed by atoms with Crippen molar-refractivity contribution in [3.63, 3.8) is 0 Å². The summed E-state index contributed by atoms with van der Waals surface area (Å²) in [6, 6.07) is 23.5. The highest BCUT2D eigenvalue weighted by Crippen LogP contribution is 2.27. The van der Waals surface area contributed by atoms with Gasteiger partial charge in [0.2, 0.25) is 0 Å². The Balaban J connectivity index is 1.27. The Hall–Kier alpha value is -3.80. The van der Waals surface area contributed by atoms with E-state index in [1.54, 1.807) is 24.3 Å². The average molecular weight is 485 g/mol. The molecule has 0 atom stereocenters. The van der Waals surface area contributed by atoms with Gasteiger partial charge in [-0.2, -0.15) is 0 Å². The molecule has 0 unspecified atom stereocenters. The minimum atomic E-state index is -0.143. The van der Waals surface area contributed by atoms with Crippen molar-refractivity contribution in [2.45, 2.75) is 39.5 Å². The van der Waals surface area contributed by atoms with Crippen LogP contribution in [-0.4, -0.2) is 38.1 Å². The molecule has 3 amide bonds. The van der Waals surface area contributed by atoms with Crippen LogP contribution in [0.5, 0.6) is 0 Å². The van der Waals surface area contributed by atoms with Crippen LogP contribution in [-0.2, 0) is 6.42 Å². The van der Waals surface area contributed by atoms with E-state index in [2.05, 4.69) is 59.7 Å². The second-order valence-electron chi connectivity index (χ2n) is 9.27. The lowest BCUT2D eigenvalue weighted by molar-refractivity contribution is 0.0953. The molecule has 36 heavy (non-hydrogen) atoms. The van der Waals surface area contributed by atoms with Gasteiger partial charge < -0.3 is 15.5 Å². The topological polar surface area (TPSA) is 64.7 Å². The van der Waals surface area contributed by atoms with E-state index in [4.69, 9.17) is 0 Å². The molecule has 6 nitrogen and oxygen atoms in total. The molecule has 0 saturated carbocycles. The van der Waals surface area contributed by atoms with Crippen LogP contribution in [0.3, 0.4) is 0 Å². The van der Waals surface area contributed by atoms with Gasteiger partial charge in [0.15, 0.2) is 0 Å². The zero-order chi connectivity index (χ0) is 25.3. The predicted molar refractivity (Wildman–Crippen MR) is 148 cm³/mol. The van der Waals surface area contributed by atoms with Crippen molar-refractivity contribution in [3.05, 3.63) is 89.5 Å². The molecule has 0 radical (unpaired) electrons. The third-order valence-electron chi connectivity index (χ3n) is 6.64. The number of hydrogen-bond acceptors (Lipinski definition) is 3. The summed E-state index contributed by atoms with van der Waals surface area (Å²) < 4.78 is 0. The summed E-state index contributed by atoms with van der Waals surface area (Å²) in [5, 5.41) is 6.00. The SMILES string of the molecule is CCN(CCCNC(=O)c1ccc(NC(=O)N2CCCCc3ccccc32)cc1)c1cccc(C)c1. The smallest absolute Gasteiger partial charge is 0.326 e. The first-order chi connectivity index (χ1) is 17.5. The Morgan fingerprint density at radius 1 is 0.972 bits per heavy atom. The molecule has 0 aromatic heterocycles. The Labute approximate surface area is 214 Å². The summed E-state index contributed by atoms with van der Waals surface area (Å²) >= 11 is 0. The van der Waals surface area contributed by atoms with Crippen molar-refractivity contribution < 1.29 is 9.59 Å². The zero-order valence-corrected chi connectivity index (χ0v) is 21.3. The summed E-state index contributed by atoms with van der Waals surface area (Å²) in [5.41, 5.74) is 5.90. The van der Waals surface area contributed by atoms with Gasteiger partial charge >= 0.3 is 6.03 Å². The van der Waals surface area contributed by atoms with Gasteiger partial charge in [-0.3, -0.25) is 9.69 Å². The van der Waals surface area contributed by atoms with Gasteiger partial charge in [0.05, 0.1) is 0 Å². The molecule has 0 aliphatic carbocycles. The lowest BCUT2D eigenvalue weighted by atomic mass is 10.1. The monoisotopic (exact) mass is 484 g/mol. The van der Waals surface area contributed by atoms with Crippen molar-refractivity contribution >= 4 is 29.0 Å². The quantitative estimate of drug-likeness (QED) is 0.385. The molecule has 4 rings (SSSR count). The van der Waals surface area contributed by atoms with Crippen molar-refractivity contribution in [1.82, 2.24) is 5.32 Å². The molecule has 1 heterocycles. The van der Waals surface area contributed by atoms with Gasteiger partial charge in [-0.05, 0) is 93.1 Å². The van der Waals surface area contributed by atoms with Gasteiger partial charge in [-0.25, -0.2) is 4.79 Å². The largest absolute Gasteiger partial charge is 0.372 e. The van der Waals surface area contributed by atoms with E-state index in [0.717, 1.165) is 44.5 Å². The average Bonchev–Trinajstić information content (AvgIpc) is 3.12. The van der Waals surface area contributed by atoms with Crippen molar-refractivity contribution in [2.24, 2.45) is 0 Å². The number of amides is 3. The van der Waals surface area contributed by atoms with E-state index in [1.165, 1.54) is 16.8 Å². The van der Waals surface area contributed by atoms with Crippen molar-refractivity contribution in [3.8, 4) is 0 Å². The first-order valence-electron chi connectivity index (χ1n) is 12.9. The van der Waals surface area contributed by atoms with Crippen LogP contribution in [0.15, 0.2) is 72.8 Å². The summed E-state index contributed by atoms with van der Waals surface area (Å²) in [6.07, 6.45) is 3.90. The Bertz CT molecular complexity index is 1180. The molecule has 3 aromatic carbocycles. The van der Waals surface area contributed by atoms with Crippen molar-refractivity contribution in [1.29, 1.82) is 0 Å². The number of aryl methyl sites for hydroxylation is 2. The number of nitrogens with zero attached hydrogens (tertiary/aromatic N) is 2. The molecule has 188 valence electrons. The number of para-hydroxylation sites is 1. The number of hydrogen-bond donors (Lipinski definition) is 2. The van der Waals surface area contributed by atoms with Crippen LogP contribution in [0.4, 0.5) is 21.9 Å². The Kier molecular flexibility index (Phi) is 8.61. The van der Waals surface area contributed by atoms with Gasteiger partial charge in [-0.1, -0.05) is 30.3 Å². The number of urea groups is 1. The van der Waals surface area contributed by atoms with Crippen LogP contribution in [0.1, 0.15) is 47.7 Å². The lowest BCUT2D eigenvalue weighted by Crippen LogP contribution is -2.35. The number of benzene rings is 3. The molecular weight excluding hydrogens is 448 g/mol. The lowest BCUT2D eigenvalue weighted by Gasteiger charge is -2.23. The molecule has 0 bridgehead atoms. The maximum atomic E-state index is 13.0. The predicted octanol–water partition coefficient (Wildman–Crippen LogP) is 6.02.